The molecule has 2 N–H and O–H groups in total. The van der Waals surface area contributed by atoms with Gasteiger partial charge >= 0.3 is 0 Å². The number of imidazole rings is 1. The summed E-state index contributed by atoms with van der Waals surface area (Å²) in [6, 6.07) is 4.30. The summed E-state index contributed by atoms with van der Waals surface area (Å²) in [4.78, 5) is 4.62. The summed E-state index contributed by atoms with van der Waals surface area (Å²) >= 11 is 0. The van der Waals surface area contributed by atoms with Gasteiger partial charge in [-0.1, -0.05) is 0 Å². The Hall–Kier alpha value is -1.35. The summed E-state index contributed by atoms with van der Waals surface area (Å²) in [7, 11) is 2.02. The Kier molecular flexibility index (Phi) is 2.31. The van der Waals surface area contributed by atoms with E-state index >= 15 is 0 Å². The molecule has 0 spiro atoms. The summed E-state index contributed by atoms with van der Waals surface area (Å²) in [5.41, 5.74) is 10.4. The number of aryl methyl sites for hydroxylation is 3. The van der Waals surface area contributed by atoms with Crippen molar-refractivity contribution in [2.75, 3.05) is 0 Å². The van der Waals surface area contributed by atoms with Gasteiger partial charge in [-0.15, -0.1) is 0 Å². The molecule has 0 saturated heterocycles. The molecule has 2 rings (SSSR count). The highest BCUT2D eigenvalue weighted by Gasteiger charge is 2.21. The number of hydrogen-bond acceptors (Lipinski definition) is 2. The molecule has 0 atom stereocenters. The molecule has 0 saturated carbocycles. The second kappa shape index (κ2) is 3.32. The van der Waals surface area contributed by atoms with Gasteiger partial charge in [-0.2, -0.15) is 0 Å². The Balaban J connectivity index is 2.79. The predicted molar refractivity (Wildman–Crippen MR) is 67.4 cm³/mol. The lowest BCUT2D eigenvalue weighted by Gasteiger charge is -2.17. The average molecular weight is 217 g/mol. The zero-order valence-electron chi connectivity index (χ0n) is 10.6. The molecule has 0 radical (unpaired) electrons. The van der Waals surface area contributed by atoms with E-state index in [1.807, 2.05) is 20.9 Å². The van der Waals surface area contributed by atoms with E-state index in [4.69, 9.17) is 5.73 Å². The number of aromatic nitrogens is 2. The largest absolute Gasteiger partial charge is 0.330 e. The van der Waals surface area contributed by atoms with Gasteiger partial charge in [0.1, 0.15) is 5.82 Å². The average Bonchev–Trinajstić information content (AvgIpc) is 2.45. The molecule has 0 aliphatic rings. The van der Waals surface area contributed by atoms with Crippen LogP contribution in [0.15, 0.2) is 12.1 Å². The molecule has 3 heteroatoms. The van der Waals surface area contributed by atoms with E-state index in [2.05, 4.69) is 35.5 Å². The smallest absolute Gasteiger partial charge is 0.129 e. The molecule has 16 heavy (non-hydrogen) atoms. The minimum atomic E-state index is -0.407. The molecule has 86 valence electrons. The van der Waals surface area contributed by atoms with Crippen molar-refractivity contribution in [3.05, 3.63) is 29.1 Å². The first kappa shape index (κ1) is 11.1. The predicted octanol–water partition coefficient (Wildman–Crippen LogP) is 2.38. The van der Waals surface area contributed by atoms with Crippen LogP contribution in [0.4, 0.5) is 0 Å². The molecule has 0 aliphatic heterocycles. The normalized spacial score (nSPS) is 12.4. The van der Waals surface area contributed by atoms with E-state index in [0.717, 1.165) is 16.9 Å². The van der Waals surface area contributed by atoms with Crippen molar-refractivity contribution in [2.24, 2.45) is 12.8 Å². The maximum atomic E-state index is 6.11. The first-order valence-electron chi connectivity index (χ1n) is 5.54. The lowest BCUT2D eigenvalue weighted by Crippen LogP contribution is -2.32. The van der Waals surface area contributed by atoms with Crippen LogP contribution in [-0.4, -0.2) is 9.55 Å². The van der Waals surface area contributed by atoms with Gasteiger partial charge in [0.15, 0.2) is 0 Å². The third kappa shape index (κ3) is 1.61. The van der Waals surface area contributed by atoms with Crippen LogP contribution >= 0.6 is 0 Å². The summed E-state index contributed by atoms with van der Waals surface area (Å²) in [5.74, 6) is 0.924. The van der Waals surface area contributed by atoms with Gasteiger partial charge in [0.2, 0.25) is 0 Å². The zero-order valence-corrected chi connectivity index (χ0v) is 10.6. The monoisotopic (exact) mass is 217 g/mol. The van der Waals surface area contributed by atoms with Gasteiger partial charge < -0.3 is 10.3 Å². The molecule has 1 heterocycles. The van der Waals surface area contributed by atoms with Crippen molar-refractivity contribution >= 4 is 11.0 Å². The fourth-order valence-electron chi connectivity index (χ4n) is 2.02. The van der Waals surface area contributed by atoms with Crippen LogP contribution < -0.4 is 5.73 Å². The van der Waals surface area contributed by atoms with Crippen LogP contribution in [0.2, 0.25) is 0 Å². The summed E-state index contributed by atoms with van der Waals surface area (Å²) in [6.45, 7) is 8.19. The molecular formula is C13H19N3. The number of nitrogens with zero attached hydrogens (tertiary/aromatic N) is 2. The van der Waals surface area contributed by atoms with Crippen LogP contribution in [0, 0.1) is 13.8 Å². The highest BCUT2D eigenvalue weighted by atomic mass is 15.1. The van der Waals surface area contributed by atoms with E-state index in [1.165, 1.54) is 11.1 Å². The Morgan fingerprint density at radius 2 is 1.75 bits per heavy atom. The van der Waals surface area contributed by atoms with Gasteiger partial charge in [-0.3, -0.25) is 0 Å². The highest BCUT2D eigenvalue weighted by molar-refractivity contribution is 5.78. The summed E-state index contributed by atoms with van der Waals surface area (Å²) in [6.07, 6.45) is 0. The molecule has 0 bridgehead atoms. The molecule has 0 fully saturated rings. The van der Waals surface area contributed by atoms with Gasteiger partial charge in [-0.25, -0.2) is 4.98 Å². The molecule has 0 amide bonds. The molecule has 1 aromatic heterocycles. The second-order valence-electron chi connectivity index (χ2n) is 5.14. The second-order valence-corrected chi connectivity index (χ2v) is 5.14. The molecular weight excluding hydrogens is 198 g/mol. The van der Waals surface area contributed by atoms with Crippen molar-refractivity contribution in [1.29, 1.82) is 0 Å². The van der Waals surface area contributed by atoms with Crippen LogP contribution in [-0.2, 0) is 12.6 Å². The Morgan fingerprint density at radius 1 is 1.19 bits per heavy atom. The van der Waals surface area contributed by atoms with E-state index < -0.39 is 5.54 Å². The van der Waals surface area contributed by atoms with Gasteiger partial charge in [-0.05, 0) is 51.0 Å². The van der Waals surface area contributed by atoms with Gasteiger partial charge in [0.05, 0.1) is 16.6 Å². The zero-order chi connectivity index (χ0) is 12.1. The topological polar surface area (TPSA) is 43.8 Å². The maximum Gasteiger partial charge on any atom is 0.129 e. The van der Waals surface area contributed by atoms with Gasteiger partial charge in [0, 0.05) is 7.05 Å². The summed E-state index contributed by atoms with van der Waals surface area (Å²) in [5, 5.41) is 0. The molecule has 3 nitrogen and oxygen atoms in total. The van der Waals surface area contributed by atoms with Crippen molar-refractivity contribution in [3.8, 4) is 0 Å². The lowest BCUT2D eigenvalue weighted by molar-refractivity contribution is 0.498. The Labute approximate surface area is 96.3 Å². The lowest BCUT2D eigenvalue weighted by atomic mass is 10.1. The molecule has 2 aromatic rings. The van der Waals surface area contributed by atoms with Crippen molar-refractivity contribution in [1.82, 2.24) is 9.55 Å². The van der Waals surface area contributed by atoms with E-state index in [9.17, 15) is 0 Å². The minimum Gasteiger partial charge on any atom is -0.330 e. The fourth-order valence-corrected chi connectivity index (χ4v) is 2.02. The SMILES string of the molecule is Cc1cc2nc(C(C)(C)N)n(C)c2cc1C. The maximum absolute atomic E-state index is 6.11. The van der Waals surface area contributed by atoms with Crippen molar-refractivity contribution in [2.45, 2.75) is 33.2 Å². The minimum absolute atomic E-state index is 0.407. The van der Waals surface area contributed by atoms with Crippen LogP contribution in [0.1, 0.15) is 30.8 Å². The number of rotatable bonds is 1. The molecule has 0 aliphatic carbocycles. The first-order chi connectivity index (χ1) is 7.30. The number of hydrogen-bond donors (Lipinski definition) is 1. The van der Waals surface area contributed by atoms with Crippen LogP contribution in [0.5, 0.6) is 0 Å². The molecule has 1 aromatic carbocycles. The summed E-state index contributed by atoms with van der Waals surface area (Å²) < 4.78 is 2.09. The third-order valence-corrected chi connectivity index (χ3v) is 3.07. The quantitative estimate of drug-likeness (QED) is 0.797. The van der Waals surface area contributed by atoms with E-state index in [-0.39, 0.29) is 0 Å². The Bertz CT molecular complexity index is 544. The fraction of sp³-hybridized carbons (Fsp3) is 0.462. The van der Waals surface area contributed by atoms with E-state index in [0.29, 0.717) is 0 Å². The third-order valence-electron chi connectivity index (χ3n) is 3.07. The number of nitrogens with two attached hydrogens (primary N) is 1. The van der Waals surface area contributed by atoms with E-state index in [1.54, 1.807) is 0 Å². The van der Waals surface area contributed by atoms with Crippen LogP contribution in [0.25, 0.3) is 11.0 Å². The molecule has 0 unspecified atom stereocenters. The number of fused-ring (bicyclic) bond motifs is 1. The van der Waals surface area contributed by atoms with Gasteiger partial charge in [0.25, 0.3) is 0 Å². The highest BCUT2D eigenvalue weighted by Crippen LogP contribution is 2.24. The van der Waals surface area contributed by atoms with Crippen molar-refractivity contribution in [3.63, 3.8) is 0 Å². The first-order valence-corrected chi connectivity index (χ1v) is 5.54. The standard InChI is InChI=1S/C13H19N3/c1-8-6-10-11(7-9(8)2)16(5)12(15-10)13(3,4)14/h6-7H,14H2,1-5H3. The van der Waals surface area contributed by atoms with Crippen LogP contribution in [0.3, 0.4) is 0 Å². The Morgan fingerprint density at radius 3 is 2.31 bits per heavy atom. The van der Waals surface area contributed by atoms with Crippen molar-refractivity contribution < 1.29 is 0 Å². The number of benzene rings is 1.